The summed E-state index contributed by atoms with van der Waals surface area (Å²) in [4.78, 5) is 0. The SMILES string of the molecule is O=P1(N2CCC(Nc3nonc3C(=NO)Nc3ccc(F)c(Br)c3)CC2)OC=CCO1. The molecule has 0 bridgehead atoms. The van der Waals surface area contributed by atoms with Crippen LogP contribution in [0.3, 0.4) is 0 Å². The first-order valence-electron chi connectivity index (χ1n) is 9.35. The van der Waals surface area contributed by atoms with Gasteiger partial charge in [0.2, 0.25) is 11.7 Å². The fraction of sp³-hybridized carbons (Fsp3) is 0.353. The summed E-state index contributed by atoms with van der Waals surface area (Å²) in [6.45, 7) is 1.24. The summed E-state index contributed by atoms with van der Waals surface area (Å²) >= 11 is 3.10. The van der Waals surface area contributed by atoms with E-state index in [0.717, 1.165) is 0 Å². The zero-order chi connectivity index (χ0) is 21.8. The van der Waals surface area contributed by atoms with Gasteiger partial charge in [-0.25, -0.2) is 13.6 Å². The Balaban J connectivity index is 1.40. The molecule has 0 radical (unpaired) electrons. The quantitative estimate of drug-likeness (QED) is 0.177. The smallest absolute Gasteiger partial charge is 0.421 e. The van der Waals surface area contributed by atoms with Crippen molar-refractivity contribution in [3.05, 3.63) is 46.5 Å². The number of hydrogen-bond acceptors (Lipinski definition) is 9. The Morgan fingerprint density at radius 3 is 2.84 bits per heavy atom. The first-order valence-corrected chi connectivity index (χ1v) is 11.6. The molecule has 0 spiro atoms. The van der Waals surface area contributed by atoms with Crippen LogP contribution in [0.4, 0.5) is 15.9 Å². The molecule has 3 N–H and O–H groups in total. The van der Waals surface area contributed by atoms with Crippen LogP contribution >= 0.6 is 23.7 Å². The van der Waals surface area contributed by atoms with Crippen molar-refractivity contribution in [1.29, 1.82) is 0 Å². The van der Waals surface area contributed by atoms with E-state index in [1.54, 1.807) is 10.7 Å². The summed E-state index contributed by atoms with van der Waals surface area (Å²) in [7, 11) is -3.28. The van der Waals surface area contributed by atoms with Crippen LogP contribution in [0, 0.1) is 5.82 Å². The number of rotatable bonds is 5. The molecule has 2 aliphatic heterocycles. The normalized spacial score (nSPS) is 22.8. The van der Waals surface area contributed by atoms with Gasteiger partial charge in [0, 0.05) is 24.8 Å². The van der Waals surface area contributed by atoms with Gasteiger partial charge < -0.3 is 20.4 Å². The number of amidine groups is 1. The summed E-state index contributed by atoms with van der Waals surface area (Å²) in [5.41, 5.74) is 0.622. The standard InChI is InChI=1S/C17H19BrFN6O5P/c18-13-10-12(2-3-14(13)19)21-16(22-26)15-17(24-30-23-15)20-11-4-6-25(7-5-11)31(27)28-8-1-9-29-31/h1-3,8,10-11,26H,4-7,9H2,(H,20,24)(H,21,22). The van der Waals surface area contributed by atoms with Gasteiger partial charge in [0.15, 0.2) is 5.69 Å². The molecule has 2 aliphatic rings. The van der Waals surface area contributed by atoms with E-state index in [1.165, 1.54) is 24.5 Å². The second-order valence-corrected chi connectivity index (χ2v) is 9.60. The van der Waals surface area contributed by atoms with Crippen molar-refractivity contribution < 1.29 is 27.8 Å². The Morgan fingerprint density at radius 2 is 2.16 bits per heavy atom. The third kappa shape index (κ3) is 4.90. The molecule has 1 saturated heterocycles. The van der Waals surface area contributed by atoms with Gasteiger partial charge in [-0.15, -0.1) is 0 Å². The largest absolute Gasteiger partial charge is 0.461 e. The highest BCUT2D eigenvalue weighted by atomic mass is 79.9. The molecule has 11 nitrogen and oxygen atoms in total. The zero-order valence-electron chi connectivity index (χ0n) is 16.1. The summed E-state index contributed by atoms with van der Waals surface area (Å²) in [6.07, 6.45) is 4.33. The van der Waals surface area contributed by atoms with Gasteiger partial charge in [-0.2, -0.15) is 4.67 Å². The lowest BCUT2D eigenvalue weighted by atomic mass is 10.1. The number of piperidine rings is 1. The summed E-state index contributed by atoms with van der Waals surface area (Å²) in [5.74, 6) is -0.174. The molecule has 0 amide bonds. The molecule has 3 heterocycles. The number of nitrogens with one attached hydrogen (secondary N) is 2. The molecule has 1 aromatic carbocycles. The minimum Gasteiger partial charge on any atom is -0.421 e. The number of anilines is 2. The van der Waals surface area contributed by atoms with Gasteiger partial charge in [0.25, 0.3) is 0 Å². The molecular formula is C17H19BrFN6O5P. The summed E-state index contributed by atoms with van der Waals surface area (Å²) in [6, 6.07) is 4.21. The Labute approximate surface area is 184 Å². The second kappa shape index (κ2) is 9.35. The minimum absolute atomic E-state index is 0.0197. The number of aromatic nitrogens is 2. The predicted octanol–water partition coefficient (Wildman–Crippen LogP) is 3.76. The number of oxime groups is 1. The molecular weight excluding hydrogens is 498 g/mol. The summed E-state index contributed by atoms with van der Waals surface area (Å²) in [5, 5.41) is 26.4. The van der Waals surface area contributed by atoms with Gasteiger partial charge in [0.05, 0.1) is 17.3 Å². The second-order valence-electron chi connectivity index (χ2n) is 6.78. The van der Waals surface area contributed by atoms with E-state index >= 15 is 0 Å². The van der Waals surface area contributed by atoms with Crippen LogP contribution in [0.5, 0.6) is 0 Å². The van der Waals surface area contributed by atoms with Crippen LogP contribution in [-0.4, -0.2) is 51.8 Å². The van der Waals surface area contributed by atoms with E-state index in [9.17, 15) is 14.2 Å². The van der Waals surface area contributed by atoms with E-state index in [4.69, 9.17) is 13.7 Å². The molecule has 31 heavy (non-hydrogen) atoms. The Kier molecular flexibility index (Phi) is 6.56. The molecule has 1 fully saturated rings. The first-order chi connectivity index (χ1) is 15.0. The van der Waals surface area contributed by atoms with Crippen molar-refractivity contribution >= 4 is 41.0 Å². The molecule has 0 aliphatic carbocycles. The van der Waals surface area contributed by atoms with Crippen molar-refractivity contribution in [2.75, 3.05) is 30.3 Å². The van der Waals surface area contributed by atoms with Crippen molar-refractivity contribution in [2.45, 2.75) is 18.9 Å². The highest BCUT2D eigenvalue weighted by Crippen LogP contribution is 2.54. The van der Waals surface area contributed by atoms with Crippen LogP contribution in [0.2, 0.25) is 0 Å². The predicted molar refractivity (Wildman–Crippen MR) is 112 cm³/mol. The fourth-order valence-electron chi connectivity index (χ4n) is 3.20. The highest BCUT2D eigenvalue weighted by molar-refractivity contribution is 9.10. The number of hydrogen-bond donors (Lipinski definition) is 3. The van der Waals surface area contributed by atoms with E-state index in [-0.39, 0.29) is 34.5 Å². The molecule has 4 rings (SSSR count). The topological polar surface area (TPSA) is 134 Å². The molecule has 166 valence electrons. The lowest BCUT2D eigenvalue weighted by Gasteiger charge is -2.35. The molecule has 0 saturated carbocycles. The van der Waals surface area contributed by atoms with Crippen LogP contribution in [-0.2, 0) is 13.6 Å². The fourth-order valence-corrected chi connectivity index (χ4v) is 5.18. The Morgan fingerprint density at radius 1 is 1.35 bits per heavy atom. The molecule has 1 atom stereocenters. The van der Waals surface area contributed by atoms with E-state index in [1.807, 2.05) is 0 Å². The van der Waals surface area contributed by atoms with Crippen LogP contribution in [0.1, 0.15) is 18.5 Å². The van der Waals surface area contributed by atoms with Crippen molar-refractivity contribution in [3.63, 3.8) is 0 Å². The highest BCUT2D eigenvalue weighted by Gasteiger charge is 2.38. The van der Waals surface area contributed by atoms with E-state index in [0.29, 0.717) is 31.6 Å². The maximum Gasteiger partial charge on any atom is 0.461 e. The average molecular weight is 517 g/mol. The van der Waals surface area contributed by atoms with Crippen LogP contribution < -0.4 is 10.6 Å². The number of halogens is 2. The van der Waals surface area contributed by atoms with Gasteiger partial charge in [-0.3, -0.25) is 4.52 Å². The maximum absolute atomic E-state index is 13.4. The first kappa shape index (κ1) is 21.8. The third-order valence-electron chi connectivity index (χ3n) is 4.78. The number of nitrogens with zero attached hydrogens (tertiary/aromatic N) is 4. The van der Waals surface area contributed by atoms with Gasteiger partial charge in [-0.1, -0.05) is 5.16 Å². The number of benzene rings is 1. The molecule has 14 heteroatoms. The Bertz CT molecular complexity index is 1040. The van der Waals surface area contributed by atoms with Crippen LogP contribution in [0.25, 0.3) is 0 Å². The lowest BCUT2D eigenvalue weighted by Crippen LogP contribution is -2.38. The molecule has 1 unspecified atom stereocenters. The Hall–Kier alpha value is -2.47. The monoisotopic (exact) mass is 516 g/mol. The molecule has 2 aromatic rings. The maximum atomic E-state index is 13.4. The van der Waals surface area contributed by atoms with Crippen molar-refractivity contribution in [1.82, 2.24) is 15.0 Å². The van der Waals surface area contributed by atoms with Crippen molar-refractivity contribution in [2.24, 2.45) is 5.16 Å². The van der Waals surface area contributed by atoms with Gasteiger partial charge >= 0.3 is 7.75 Å². The van der Waals surface area contributed by atoms with Crippen molar-refractivity contribution in [3.8, 4) is 0 Å². The van der Waals surface area contributed by atoms with E-state index in [2.05, 4.69) is 42.0 Å². The zero-order valence-corrected chi connectivity index (χ0v) is 18.6. The van der Waals surface area contributed by atoms with E-state index < -0.39 is 13.6 Å². The lowest BCUT2D eigenvalue weighted by molar-refractivity contribution is 0.178. The third-order valence-corrected chi connectivity index (χ3v) is 7.34. The average Bonchev–Trinajstić information content (AvgIpc) is 3.23. The van der Waals surface area contributed by atoms with Crippen LogP contribution in [0.15, 0.2) is 44.8 Å². The molecule has 1 aromatic heterocycles. The summed E-state index contributed by atoms with van der Waals surface area (Å²) < 4.78 is 43.5. The van der Waals surface area contributed by atoms with Gasteiger partial charge in [-0.05, 0) is 63.4 Å². The van der Waals surface area contributed by atoms with Gasteiger partial charge in [0.1, 0.15) is 5.82 Å². The minimum atomic E-state index is -3.28.